The minimum atomic E-state index is -3.74. The van der Waals surface area contributed by atoms with Crippen LogP contribution < -0.4 is 10.0 Å². The Morgan fingerprint density at radius 3 is 2.42 bits per heavy atom. The molecule has 24 heavy (non-hydrogen) atoms. The Morgan fingerprint density at radius 1 is 1.08 bits per heavy atom. The van der Waals surface area contributed by atoms with Gasteiger partial charge in [-0.3, -0.25) is 4.79 Å². The van der Waals surface area contributed by atoms with Gasteiger partial charge in [0.1, 0.15) is 5.82 Å². The number of benzene rings is 2. The van der Waals surface area contributed by atoms with E-state index in [9.17, 15) is 17.6 Å². The summed E-state index contributed by atoms with van der Waals surface area (Å²) in [5.41, 5.74) is 2.09. The lowest BCUT2D eigenvalue weighted by atomic mass is 10.1. The first-order chi connectivity index (χ1) is 11.4. The molecule has 0 radical (unpaired) electrons. The molecule has 0 aromatic heterocycles. The van der Waals surface area contributed by atoms with Crippen LogP contribution in [0.5, 0.6) is 0 Å². The maximum absolute atomic E-state index is 12.8. The van der Waals surface area contributed by atoms with Crippen LogP contribution in [0.3, 0.4) is 0 Å². The summed E-state index contributed by atoms with van der Waals surface area (Å²) in [6.45, 7) is 2.33. The number of sulfonamides is 1. The van der Waals surface area contributed by atoms with E-state index in [0.717, 1.165) is 23.3 Å². The summed E-state index contributed by atoms with van der Waals surface area (Å²) in [6, 6.07) is 12.2. The van der Waals surface area contributed by atoms with Crippen molar-refractivity contribution in [2.45, 2.75) is 24.8 Å². The number of hydrogen-bond acceptors (Lipinski definition) is 3. The SMILES string of the molecule is Cc1ccccc1CNC(=O)CCNS(=O)(=O)c1ccc(F)cc1. The van der Waals surface area contributed by atoms with Crippen LogP contribution in [-0.2, 0) is 21.4 Å². The first kappa shape index (κ1) is 18.1. The van der Waals surface area contributed by atoms with E-state index < -0.39 is 15.8 Å². The second-order valence-corrected chi connectivity index (χ2v) is 7.07. The highest BCUT2D eigenvalue weighted by Crippen LogP contribution is 2.09. The first-order valence-corrected chi connectivity index (χ1v) is 8.93. The highest BCUT2D eigenvalue weighted by molar-refractivity contribution is 7.89. The molecule has 2 rings (SSSR count). The third-order valence-corrected chi connectivity index (χ3v) is 4.98. The summed E-state index contributed by atoms with van der Waals surface area (Å²) in [7, 11) is -3.74. The Kier molecular flexibility index (Phi) is 6.05. The molecule has 1 amide bonds. The second kappa shape index (κ2) is 8.03. The van der Waals surface area contributed by atoms with Crippen LogP contribution in [0.1, 0.15) is 17.5 Å². The van der Waals surface area contributed by atoms with Crippen LogP contribution in [0.15, 0.2) is 53.4 Å². The van der Waals surface area contributed by atoms with Crippen LogP contribution in [0.4, 0.5) is 4.39 Å². The molecule has 0 saturated heterocycles. The van der Waals surface area contributed by atoms with E-state index in [-0.39, 0.29) is 23.8 Å². The lowest BCUT2D eigenvalue weighted by Crippen LogP contribution is -2.30. The Morgan fingerprint density at radius 2 is 1.75 bits per heavy atom. The smallest absolute Gasteiger partial charge is 0.240 e. The Hall–Kier alpha value is -2.25. The molecule has 5 nitrogen and oxygen atoms in total. The van der Waals surface area contributed by atoms with Gasteiger partial charge in [-0.1, -0.05) is 24.3 Å². The molecule has 0 aliphatic carbocycles. The molecule has 0 atom stereocenters. The van der Waals surface area contributed by atoms with E-state index in [1.807, 2.05) is 31.2 Å². The van der Waals surface area contributed by atoms with E-state index in [0.29, 0.717) is 6.54 Å². The van der Waals surface area contributed by atoms with Gasteiger partial charge < -0.3 is 5.32 Å². The Balaban J connectivity index is 1.80. The summed E-state index contributed by atoms with van der Waals surface area (Å²) >= 11 is 0. The van der Waals surface area contributed by atoms with Crippen molar-refractivity contribution in [2.24, 2.45) is 0 Å². The van der Waals surface area contributed by atoms with Crippen molar-refractivity contribution in [3.05, 3.63) is 65.5 Å². The molecule has 0 fully saturated rings. The van der Waals surface area contributed by atoms with Crippen molar-refractivity contribution in [3.63, 3.8) is 0 Å². The van der Waals surface area contributed by atoms with E-state index in [1.54, 1.807) is 0 Å². The summed E-state index contributed by atoms with van der Waals surface area (Å²) in [6.07, 6.45) is 0.0201. The molecule has 2 aromatic carbocycles. The lowest BCUT2D eigenvalue weighted by Gasteiger charge is -2.09. The fraction of sp³-hybridized carbons (Fsp3) is 0.235. The minimum absolute atomic E-state index is 0.0201. The average molecular weight is 350 g/mol. The van der Waals surface area contributed by atoms with Crippen molar-refractivity contribution in [1.82, 2.24) is 10.0 Å². The van der Waals surface area contributed by atoms with Crippen molar-refractivity contribution in [2.75, 3.05) is 6.54 Å². The summed E-state index contributed by atoms with van der Waals surface area (Å²) in [5.74, 6) is -0.760. The number of amides is 1. The largest absolute Gasteiger partial charge is 0.352 e. The van der Waals surface area contributed by atoms with Gasteiger partial charge >= 0.3 is 0 Å². The third kappa shape index (κ3) is 5.14. The standard InChI is InChI=1S/C17H19FN2O3S/c1-13-4-2-3-5-14(13)12-19-17(21)10-11-20-24(22,23)16-8-6-15(18)7-9-16/h2-9,20H,10-12H2,1H3,(H,19,21). The number of hydrogen-bond donors (Lipinski definition) is 2. The van der Waals surface area contributed by atoms with Gasteiger partial charge in [-0.2, -0.15) is 0 Å². The van der Waals surface area contributed by atoms with Gasteiger partial charge in [-0.05, 0) is 42.3 Å². The number of carbonyl (C=O) groups excluding carboxylic acids is 1. The van der Waals surface area contributed by atoms with Gasteiger partial charge in [-0.25, -0.2) is 17.5 Å². The number of aryl methyl sites for hydroxylation is 1. The number of rotatable bonds is 7. The molecule has 0 unspecified atom stereocenters. The van der Waals surface area contributed by atoms with E-state index in [1.165, 1.54) is 12.1 Å². The predicted octanol–water partition coefficient (Wildman–Crippen LogP) is 2.12. The van der Waals surface area contributed by atoms with E-state index in [2.05, 4.69) is 10.0 Å². The lowest BCUT2D eigenvalue weighted by molar-refractivity contribution is -0.121. The summed E-state index contributed by atoms with van der Waals surface area (Å²) < 4.78 is 39.1. The second-order valence-electron chi connectivity index (χ2n) is 5.30. The fourth-order valence-corrected chi connectivity index (χ4v) is 3.12. The van der Waals surface area contributed by atoms with Crippen molar-refractivity contribution < 1.29 is 17.6 Å². The van der Waals surface area contributed by atoms with Gasteiger partial charge in [0.2, 0.25) is 15.9 Å². The summed E-state index contributed by atoms with van der Waals surface area (Å²) in [4.78, 5) is 11.8. The van der Waals surface area contributed by atoms with Gasteiger partial charge in [-0.15, -0.1) is 0 Å². The molecule has 0 heterocycles. The highest BCUT2D eigenvalue weighted by Gasteiger charge is 2.14. The highest BCUT2D eigenvalue weighted by atomic mass is 32.2. The third-order valence-electron chi connectivity index (χ3n) is 3.51. The zero-order chi connectivity index (χ0) is 17.6. The molecule has 0 spiro atoms. The quantitative estimate of drug-likeness (QED) is 0.803. The zero-order valence-corrected chi connectivity index (χ0v) is 14.1. The minimum Gasteiger partial charge on any atom is -0.352 e. The topological polar surface area (TPSA) is 75.3 Å². The molecular formula is C17H19FN2O3S. The maximum atomic E-state index is 12.8. The molecular weight excluding hydrogens is 331 g/mol. The van der Waals surface area contributed by atoms with E-state index in [4.69, 9.17) is 0 Å². The molecule has 0 aliphatic heterocycles. The van der Waals surface area contributed by atoms with Crippen molar-refractivity contribution in [1.29, 1.82) is 0 Å². The summed E-state index contributed by atoms with van der Waals surface area (Å²) in [5, 5.41) is 2.75. The van der Waals surface area contributed by atoms with Gasteiger partial charge in [0.15, 0.2) is 0 Å². The predicted molar refractivity (Wildman–Crippen MR) is 89.2 cm³/mol. The van der Waals surface area contributed by atoms with Crippen molar-refractivity contribution >= 4 is 15.9 Å². The zero-order valence-electron chi connectivity index (χ0n) is 13.3. The van der Waals surface area contributed by atoms with E-state index >= 15 is 0 Å². The van der Waals surface area contributed by atoms with Crippen LogP contribution >= 0.6 is 0 Å². The van der Waals surface area contributed by atoms with Crippen LogP contribution in [-0.4, -0.2) is 20.9 Å². The molecule has 0 aliphatic rings. The van der Waals surface area contributed by atoms with Gasteiger partial charge in [0, 0.05) is 19.5 Å². The molecule has 128 valence electrons. The molecule has 0 saturated carbocycles. The fourth-order valence-electron chi connectivity index (χ4n) is 2.09. The molecule has 7 heteroatoms. The van der Waals surface area contributed by atoms with Gasteiger partial charge in [0.25, 0.3) is 0 Å². The van der Waals surface area contributed by atoms with Crippen LogP contribution in [0.25, 0.3) is 0 Å². The first-order valence-electron chi connectivity index (χ1n) is 7.45. The van der Waals surface area contributed by atoms with Crippen molar-refractivity contribution in [3.8, 4) is 0 Å². The average Bonchev–Trinajstić information content (AvgIpc) is 2.54. The van der Waals surface area contributed by atoms with Crippen LogP contribution in [0, 0.1) is 12.7 Å². The Labute approximate surface area is 141 Å². The molecule has 2 N–H and O–H groups in total. The number of carbonyl (C=O) groups is 1. The number of halogens is 1. The monoisotopic (exact) mass is 350 g/mol. The van der Waals surface area contributed by atoms with Crippen LogP contribution in [0.2, 0.25) is 0 Å². The maximum Gasteiger partial charge on any atom is 0.240 e. The Bertz CT molecular complexity index is 805. The molecule has 0 bridgehead atoms. The molecule has 2 aromatic rings. The number of nitrogens with one attached hydrogen (secondary N) is 2. The van der Waals surface area contributed by atoms with Gasteiger partial charge in [0.05, 0.1) is 4.90 Å². The normalized spacial score (nSPS) is 11.2.